The van der Waals surface area contributed by atoms with Crippen molar-refractivity contribution in [1.82, 2.24) is 4.98 Å². The van der Waals surface area contributed by atoms with Gasteiger partial charge in [-0.3, -0.25) is 4.79 Å². The Hall–Kier alpha value is -3.35. The molecule has 0 fully saturated rings. The maximum Gasteiger partial charge on any atom is 0.355 e. The van der Waals surface area contributed by atoms with Crippen LogP contribution in [0.1, 0.15) is 45.8 Å². The summed E-state index contributed by atoms with van der Waals surface area (Å²) in [5.74, 6) is -0.771. The number of rotatable bonds is 5. The number of carbonyl (C=O) groups excluding carboxylic acids is 2. The molecule has 0 saturated heterocycles. The third kappa shape index (κ3) is 3.37. The van der Waals surface area contributed by atoms with E-state index in [-0.39, 0.29) is 29.4 Å². The molecule has 0 aliphatic rings. The molecule has 0 unspecified atom stereocenters. The van der Waals surface area contributed by atoms with Gasteiger partial charge in [-0.05, 0) is 31.0 Å². The Morgan fingerprint density at radius 2 is 1.96 bits per heavy atom. The summed E-state index contributed by atoms with van der Waals surface area (Å²) in [5.41, 5.74) is 1.30. The van der Waals surface area contributed by atoms with Crippen molar-refractivity contribution in [2.75, 3.05) is 0 Å². The van der Waals surface area contributed by atoms with E-state index in [0.717, 1.165) is 0 Å². The number of aromatic hydroxyl groups is 1. The number of esters is 1. The fourth-order valence-corrected chi connectivity index (χ4v) is 2.65. The molecule has 0 radical (unpaired) electrons. The van der Waals surface area contributed by atoms with E-state index in [1.165, 1.54) is 31.3 Å². The van der Waals surface area contributed by atoms with Gasteiger partial charge in [-0.15, -0.1) is 0 Å². The molecule has 0 bridgehead atoms. The van der Waals surface area contributed by atoms with Crippen LogP contribution in [0.5, 0.6) is 5.75 Å². The Morgan fingerprint density at radius 3 is 2.62 bits per heavy atom. The number of phenolic OH excluding ortho intramolecular Hbond substituents is 1. The van der Waals surface area contributed by atoms with E-state index in [1.807, 2.05) is 6.92 Å². The minimum Gasteiger partial charge on any atom is -0.508 e. The number of ketones is 1. The maximum absolute atomic E-state index is 12.1. The molecule has 0 aliphatic heterocycles. The average Bonchev–Trinajstić information content (AvgIpc) is 3.09. The molecule has 0 saturated carbocycles. The van der Waals surface area contributed by atoms with Crippen LogP contribution in [0.3, 0.4) is 0 Å². The highest BCUT2D eigenvalue weighted by molar-refractivity contribution is 5.97. The lowest BCUT2D eigenvalue weighted by atomic mass is 10.0. The number of benzene rings is 1. The number of nitrogens with one attached hydrogen (secondary N) is 1. The molecular formula is C19H17NO6. The summed E-state index contributed by atoms with van der Waals surface area (Å²) in [6.07, 6.45) is 2.03. The number of hydrogen-bond acceptors (Lipinski definition) is 6. The van der Waals surface area contributed by atoms with E-state index >= 15 is 0 Å². The molecule has 134 valence electrons. The van der Waals surface area contributed by atoms with Gasteiger partial charge in [-0.1, -0.05) is 6.92 Å². The molecule has 0 amide bonds. The van der Waals surface area contributed by atoms with Gasteiger partial charge < -0.3 is 19.2 Å². The molecule has 26 heavy (non-hydrogen) atoms. The largest absolute Gasteiger partial charge is 0.508 e. The second kappa shape index (κ2) is 6.87. The van der Waals surface area contributed by atoms with Crippen LogP contribution >= 0.6 is 0 Å². The Labute approximate surface area is 148 Å². The number of H-pyrrole nitrogens is 1. The molecule has 7 nitrogen and oxygen atoms in total. The van der Waals surface area contributed by atoms with Gasteiger partial charge in [0.05, 0.1) is 0 Å². The molecule has 0 atom stereocenters. The van der Waals surface area contributed by atoms with Crippen molar-refractivity contribution in [2.24, 2.45) is 0 Å². The van der Waals surface area contributed by atoms with Gasteiger partial charge in [0.2, 0.25) is 0 Å². The molecule has 3 aromatic rings. The Bertz CT molecular complexity index is 1060. The topological polar surface area (TPSA) is 110 Å². The van der Waals surface area contributed by atoms with E-state index in [9.17, 15) is 19.5 Å². The number of aryl methyl sites for hydroxylation is 1. The normalized spacial score (nSPS) is 10.8. The van der Waals surface area contributed by atoms with Crippen molar-refractivity contribution in [3.63, 3.8) is 0 Å². The van der Waals surface area contributed by atoms with Crippen molar-refractivity contribution in [3.8, 4) is 5.75 Å². The number of ether oxygens (including phenoxy) is 1. The SMILES string of the molecule is CCc1cc2c(COC(=O)c3cc(C(C)=O)c[nH]3)cc(=O)oc2cc1O. The number of carbonyl (C=O) groups is 2. The summed E-state index contributed by atoms with van der Waals surface area (Å²) in [6.45, 7) is 3.13. The second-order valence-corrected chi connectivity index (χ2v) is 5.86. The van der Waals surface area contributed by atoms with Crippen LogP contribution in [0, 0.1) is 0 Å². The Balaban J connectivity index is 1.89. The maximum atomic E-state index is 12.1. The third-order valence-electron chi connectivity index (χ3n) is 4.08. The first-order valence-corrected chi connectivity index (χ1v) is 8.04. The quantitative estimate of drug-likeness (QED) is 0.414. The lowest BCUT2D eigenvalue weighted by Gasteiger charge is -2.09. The van der Waals surface area contributed by atoms with Crippen LogP contribution < -0.4 is 5.63 Å². The van der Waals surface area contributed by atoms with E-state index in [4.69, 9.17) is 9.15 Å². The highest BCUT2D eigenvalue weighted by Crippen LogP contribution is 2.27. The zero-order chi connectivity index (χ0) is 18.8. The van der Waals surface area contributed by atoms with Crippen molar-refractivity contribution in [1.29, 1.82) is 0 Å². The minimum atomic E-state index is -0.645. The number of fused-ring (bicyclic) bond motifs is 1. The van der Waals surface area contributed by atoms with Gasteiger partial charge in [0.15, 0.2) is 5.78 Å². The monoisotopic (exact) mass is 355 g/mol. The van der Waals surface area contributed by atoms with Crippen LogP contribution in [0.2, 0.25) is 0 Å². The molecule has 7 heteroatoms. The van der Waals surface area contributed by atoms with Gasteiger partial charge in [0.25, 0.3) is 0 Å². The summed E-state index contributed by atoms with van der Waals surface area (Å²) >= 11 is 0. The van der Waals surface area contributed by atoms with Crippen LogP contribution in [0.25, 0.3) is 11.0 Å². The predicted octanol–water partition coefficient (Wildman–Crippen LogP) is 2.95. The Kier molecular flexibility index (Phi) is 4.62. The summed E-state index contributed by atoms with van der Waals surface area (Å²) in [4.78, 5) is 37.9. The lowest BCUT2D eigenvalue weighted by Crippen LogP contribution is -2.08. The number of phenols is 1. The first-order chi connectivity index (χ1) is 12.4. The van der Waals surface area contributed by atoms with Gasteiger partial charge >= 0.3 is 11.6 Å². The third-order valence-corrected chi connectivity index (χ3v) is 4.08. The molecule has 3 rings (SSSR count). The number of aromatic nitrogens is 1. The highest BCUT2D eigenvalue weighted by atomic mass is 16.5. The predicted molar refractivity (Wildman–Crippen MR) is 93.4 cm³/mol. The molecule has 2 aromatic heterocycles. The zero-order valence-electron chi connectivity index (χ0n) is 14.3. The van der Waals surface area contributed by atoms with E-state index < -0.39 is 11.6 Å². The molecular weight excluding hydrogens is 338 g/mol. The van der Waals surface area contributed by atoms with Crippen LogP contribution in [-0.4, -0.2) is 21.8 Å². The first kappa shape index (κ1) is 17.5. The number of aromatic amines is 1. The minimum absolute atomic E-state index is 0.0421. The summed E-state index contributed by atoms with van der Waals surface area (Å²) in [6, 6.07) is 5.75. The molecule has 2 heterocycles. The summed E-state index contributed by atoms with van der Waals surface area (Å²) in [5, 5.41) is 10.5. The lowest BCUT2D eigenvalue weighted by molar-refractivity contribution is 0.0467. The van der Waals surface area contributed by atoms with Gasteiger partial charge in [-0.25, -0.2) is 9.59 Å². The van der Waals surface area contributed by atoms with Crippen molar-refractivity contribution < 1.29 is 23.8 Å². The van der Waals surface area contributed by atoms with Gasteiger partial charge in [0, 0.05) is 34.8 Å². The second-order valence-electron chi connectivity index (χ2n) is 5.86. The number of Topliss-reactive ketones (excluding diaryl/α,β-unsaturated/α-hetero) is 1. The number of hydrogen-bond donors (Lipinski definition) is 2. The molecule has 2 N–H and O–H groups in total. The smallest absolute Gasteiger partial charge is 0.355 e. The van der Waals surface area contributed by atoms with Crippen LogP contribution in [0.4, 0.5) is 0 Å². The van der Waals surface area contributed by atoms with Gasteiger partial charge in [-0.2, -0.15) is 0 Å². The Morgan fingerprint density at radius 1 is 1.19 bits per heavy atom. The van der Waals surface area contributed by atoms with Crippen LogP contribution in [-0.2, 0) is 17.8 Å². The highest BCUT2D eigenvalue weighted by Gasteiger charge is 2.15. The fraction of sp³-hybridized carbons (Fsp3) is 0.211. The van der Waals surface area contributed by atoms with Crippen molar-refractivity contribution >= 4 is 22.7 Å². The standard InChI is InChI=1S/C19H17NO6/c1-3-11-4-14-13(6-18(23)26-17(14)7-16(11)22)9-25-19(24)15-5-12(8-20-15)10(2)21/h4-8,20,22H,3,9H2,1-2H3. The van der Waals surface area contributed by atoms with Crippen molar-refractivity contribution in [2.45, 2.75) is 26.9 Å². The molecule has 1 aromatic carbocycles. The van der Waals surface area contributed by atoms with Crippen LogP contribution in [0.15, 0.2) is 39.7 Å². The van der Waals surface area contributed by atoms with Gasteiger partial charge in [0.1, 0.15) is 23.6 Å². The van der Waals surface area contributed by atoms with E-state index in [1.54, 1.807) is 6.07 Å². The molecule has 0 spiro atoms. The summed E-state index contributed by atoms with van der Waals surface area (Å²) in [7, 11) is 0. The van der Waals surface area contributed by atoms with E-state index in [0.29, 0.717) is 28.5 Å². The average molecular weight is 355 g/mol. The summed E-state index contributed by atoms with van der Waals surface area (Å²) < 4.78 is 10.4. The van der Waals surface area contributed by atoms with E-state index in [2.05, 4.69) is 4.98 Å². The van der Waals surface area contributed by atoms with Crippen molar-refractivity contribution in [3.05, 3.63) is 63.3 Å². The molecule has 0 aliphatic carbocycles. The first-order valence-electron chi connectivity index (χ1n) is 8.04. The fourth-order valence-electron chi connectivity index (χ4n) is 2.65. The zero-order valence-corrected chi connectivity index (χ0v) is 14.3.